The van der Waals surface area contributed by atoms with E-state index in [2.05, 4.69) is 0 Å². The van der Waals surface area contributed by atoms with Crippen LogP contribution in [-0.2, 0) is 31.8 Å². The molecule has 3 aliphatic rings. The van der Waals surface area contributed by atoms with E-state index in [1.54, 1.807) is 0 Å². The highest BCUT2D eigenvalue weighted by Crippen LogP contribution is 2.40. The summed E-state index contributed by atoms with van der Waals surface area (Å²) in [5.74, 6) is 2.19. The van der Waals surface area contributed by atoms with Gasteiger partial charge in [-0.2, -0.15) is 0 Å². The van der Waals surface area contributed by atoms with Gasteiger partial charge in [0.1, 0.15) is 6.79 Å². The lowest BCUT2D eigenvalue weighted by molar-refractivity contribution is -0.177. The van der Waals surface area contributed by atoms with E-state index in [0.717, 1.165) is 16.9 Å². The Hall–Kier alpha value is -2.97. The highest BCUT2D eigenvalue weighted by Gasteiger charge is 2.54. The van der Waals surface area contributed by atoms with Crippen LogP contribution in [0.4, 0.5) is 0 Å². The Balaban J connectivity index is 1.43. The van der Waals surface area contributed by atoms with Gasteiger partial charge in [0.15, 0.2) is 28.6 Å². The first-order valence-corrected chi connectivity index (χ1v) is 9.75. The molecule has 0 radical (unpaired) electrons. The van der Waals surface area contributed by atoms with E-state index in [-0.39, 0.29) is 38.9 Å². The van der Waals surface area contributed by atoms with Gasteiger partial charge in [-0.25, -0.2) is 4.79 Å². The van der Waals surface area contributed by atoms with E-state index in [9.17, 15) is 4.79 Å². The molecule has 2 aromatic carbocycles. The van der Waals surface area contributed by atoms with Crippen LogP contribution < -0.4 is 18.9 Å². The van der Waals surface area contributed by atoms with Gasteiger partial charge in [0.05, 0.1) is 6.61 Å². The van der Waals surface area contributed by atoms with Crippen LogP contribution in [0.5, 0.6) is 23.0 Å². The molecule has 1 saturated heterocycles. The van der Waals surface area contributed by atoms with Gasteiger partial charge in [0.25, 0.3) is 0 Å². The lowest BCUT2D eigenvalue weighted by Gasteiger charge is -2.31. The third kappa shape index (κ3) is 3.32. The van der Waals surface area contributed by atoms with Crippen LogP contribution in [0.15, 0.2) is 36.4 Å². The normalized spacial score (nSPS) is 23.6. The number of ether oxygens (including phenoxy) is 7. The summed E-state index contributed by atoms with van der Waals surface area (Å²) in [5, 5.41) is 0. The molecule has 0 bridgehead atoms. The summed E-state index contributed by atoms with van der Waals surface area (Å²) in [6, 6.07) is 11.4. The smallest absolute Gasteiger partial charge is 0.339 e. The molecule has 1 fully saturated rings. The van der Waals surface area contributed by atoms with Crippen molar-refractivity contribution in [3.05, 3.63) is 47.5 Å². The average molecular weight is 414 g/mol. The molecule has 3 aliphatic heterocycles. The fraction of sp³-hybridized carbons (Fsp3) is 0.409. The van der Waals surface area contributed by atoms with Crippen molar-refractivity contribution in [2.24, 2.45) is 5.92 Å². The summed E-state index contributed by atoms with van der Waals surface area (Å²) >= 11 is 0. The molecule has 8 heteroatoms. The largest absolute Gasteiger partial charge is 0.463 e. The zero-order valence-corrected chi connectivity index (χ0v) is 16.6. The van der Waals surface area contributed by atoms with Crippen LogP contribution in [0.2, 0.25) is 0 Å². The van der Waals surface area contributed by atoms with Gasteiger partial charge in [-0.15, -0.1) is 0 Å². The maximum absolute atomic E-state index is 12.9. The summed E-state index contributed by atoms with van der Waals surface area (Å²) < 4.78 is 38.4. The Labute approximate surface area is 173 Å². The number of esters is 1. The Morgan fingerprint density at radius 1 is 0.900 bits per heavy atom. The van der Waals surface area contributed by atoms with Crippen molar-refractivity contribution in [1.29, 1.82) is 0 Å². The molecule has 5 rings (SSSR count). The Kier molecular flexibility index (Phi) is 4.88. The van der Waals surface area contributed by atoms with E-state index in [1.165, 1.54) is 7.11 Å². The van der Waals surface area contributed by atoms with E-state index >= 15 is 0 Å². The van der Waals surface area contributed by atoms with E-state index in [0.29, 0.717) is 30.1 Å². The number of carbonyl (C=O) groups excluding carboxylic acids is 1. The summed E-state index contributed by atoms with van der Waals surface area (Å²) in [4.78, 5) is 12.9. The molecule has 0 spiro atoms. The van der Waals surface area contributed by atoms with Gasteiger partial charge >= 0.3 is 5.97 Å². The number of cyclic esters (lactones) is 1. The van der Waals surface area contributed by atoms with Crippen LogP contribution in [-0.4, -0.2) is 45.7 Å². The Morgan fingerprint density at radius 3 is 2.23 bits per heavy atom. The fourth-order valence-electron chi connectivity index (χ4n) is 4.14. The highest BCUT2D eigenvalue weighted by molar-refractivity contribution is 5.82. The van der Waals surface area contributed by atoms with E-state index in [4.69, 9.17) is 33.2 Å². The zero-order valence-electron chi connectivity index (χ0n) is 16.6. The van der Waals surface area contributed by atoms with Crippen molar-refractivity contribution in [1.82, 2.24) is 0 Å². The number of hydrogen-bond donors (Lipinski definition) is 0. The minimum Gasteiger partial charge on any atom is -0.463 e. The van der Waals surface area contributed by atoms with E-state index in [1.807, 2.05) is 36.4 Å². The number of methoxy groups -OCH3 is 1. The Bertz CT molecular complexity index is 958. The van der Waals surface area contributed by atoms with Crippen molar-refractivity contribution in [3.8, 4) is 23.0 Å². The van der Waals surface area contributed by atoms with Gasteiger partial charge in [-0.1, -0.05) is 12.1 Å². The molecule has 0 aromatic heterocycles. The first-order chi connectivity index (χ1) is 14.7. The van der Waals surface area contributed by atoms with Crippen molar-refractivity contribution in [3.63, 3.8) is 0 Å². The minimum atomic E-state index is -1.17. The first kappa shape index (κ1) is 19.0. The quantitative estimate of drug-likeness (QED) is 0.505. The van der Waals surface area contributed by atoms with Crippen LogP contribution in [0.3, 0.4) is 0 Å². The molecule has 0 saturated carbocycles. The molecular weight excluding hydrogens is 392 g/mol. The van der Waals surface area contributed by atoms with Gasteiger partial charge in [0, 0.05) is 19.4 Å². The third-order valence-corrected chi connectivity index (χ3v) is 5.68. The van der Waals surface area contributed by atoms with E-state index < -0.39 is 5.60 Å². The predicted molar refractivity (Wildman–Crippen MR) is 103 cm³/mol. The number of rotatable bonds is 7. The molecule has 2 aromatic rings. The topological polar surface area (TPSA) is 81.7 Å². The zero-order chi connectivity index (χ0) is 20.6. The second-order valence-electron chi connectivity index (χ2n) is 7.49. The standard InChI is InChI=1S/C22H22O8/c1-24-11-30-22(9-15-3-5-18-20(8-15)29-13-27-18)16(10-25-21(22)23)6-14-2-4-17-19(7-14)28-12-26-17/h2-5,7-8,16H,6,9-13H2,1H3/t16-,22+/m0/s1. The molecule has 2 atom stereocenters. The van der Waals surface area contributed by atoms with Crippen molar-refractivity contribution in [2.45, 2.75) is 18.4 Å². The fourth-order valence-corrected chi connectivity index (χ4v) is 4.14. The predicted octanol–water partition coefficient (Wildman–Crippen LogP) is 2.46. The second kappa shape index (κ2) is 7.70. The summed E-state index contributed by atoms with van der Waals surface area (Å²) in [7, 11) is 1.53. The van der Waals surface area contributed by atoms with Crippen molar-refractivity contribution < 1.29 is 38.0 Å². The van der Waals surface area contributed by atoms with Crippen molar-refractivity contribution >= 4 is 5.97 Å². The molecule has 158 valence electrons. The average Bonchev–Trinajstić information content (AvgIpc) is 3.47. The van der Waals surface area contributed by atoms with Crippen LogP contribution in [0.25, 0.3) is 0 Å². The summed E-state index contributed by atoms with van der Waals surface area (Å²) in [5.41, 5.74) is 0.739. The number of carbonyl (C=O) groups is 1. The van der Waals surface area contributed by atoms with Crippen LogP contribution in [0, 0.1) is 5.92 Å². The Morgan fingerprint density at radius 2 is 1.53 bits per heavy atom. The first-order valence-electron chi connectivity index (χ1n) is 9.75. The van der Waals surface area contributed by atoms with Crippen molar-refractivity contribution in [2.75, 3.05) is 34.1 Å². The lowest BCUT2D eigenvalue weighted by Crippen LogP contribution is -2.47. The maximum Gasteiger partial charge on any atom is 0.339 e. The monoisotopic (exact) mass is 414 g/mol. The summed E-state index contributed by atoms with van der Waals surface area (Å²) in [6.07, 6.45) is 0.914. The van der Waals surface area contributed by atoms with Crippen LogP contribution in [0.1, 0.15) is 11.1 Å². The molecule has 0 N–H and O–H groups in total. The number of fused-ring (bicyclic) bond motifs is 2. The minimum absolute atomic E-state index is 0.0166. The number of benzene rings is 2. The molecule has 0 amide bonds. The van der Waals surface area contributed by atoms with Crippen LogP contribution >= 0.6 is 0 Å². The molecule has 0 unspecified atom stereocenters. The molecular formula is C22H22O8. The maximum atomic E-state index is 12.9. The lowest BCUT2D eigenvalue weighted by atomic mass is 9.80. The van der Waals surface area contributed by atoms with Gasteiger partial charge < -0.3 is 33.2 Å². The third-order valence-electron chi connectivity index (χ3n) is 5.68. The molecule has 0 aliphatic carbocycles. The van der Waals surface area contributed by atoms with Gasteiger partial charge in [-0.3, -0.25) is 0 Å². The molecule has 8 nitrogen and oxygen atoms in total. The van der Waals surface area contributed by atoms with Gasteiger partial charge in [-0.05, 0) is 41.8 Å². The van der Waals surface area contributed by atoms with Gasteiger partial charge in [0.2, 0.25) is 13.6 Å². The SMILES string of the molecule is COCO[C@@]1(Cc2ccc3c(c2)OCO3)C(=O)OC[C@@H]1Cc1ccc2c(c1)OCO2. The molecule has 30 heavy (non-hydrogen) atoms. The second-order valence-corrected chi connectivity index (χ2v) is 7.49. The highest BCUT2D eigenvalue weighted by atomic mass is 16.7. The molecule has 3 heterocycles. The summed E-state index contributed by atoms with van der Waals surface area (Å²) in [6.45, 7) is 0.659. The number of hydrogen-bond acceptors (Lipinski definition) is 8.